The lowest BCUT2D eigenvalue weighted by molar-refractivity contribution is -0.117. The van der Waals surface area contributed by atoms with Crippen molar-refractivity contribution >= 4 is 16.7 Å². The average molecular weight is 347 g/mol. The van der Waals surface area contributed by atoms with Crippen molar-refractivity contribution in [1.82, 2.24) is 4.98 Å². The molecular weight excluding hydrogens is 322 g/mol. The second-order valence-electron chi connectivity index (χ2n) is 6.98. The largest absolute Gasteiger partial charge is 0.487 e. The number of hydrogen-bond donors (Lipinski definition) is 0. The zero-order valence-corrected chi connectivity index (χ0v) is 15.4. The van der Waals surface area contributed by atoms with Crippen molar-refractivity contribution < 1.29 is 9.53 Å². The fourth-order valence-corrected chi connectivity index (χ4v) is 3.06. The molecule has 26 heavy (non-hydrogen) atoms. The standard InChI is InChI=1S/C23H25NO2/c1-17(10-11-18(2)25)14-19-6-5-8-22(15-19)26-16-21-13-12-20-7-3-4-9-23(20)24-21/h3-9,12-13,15,17H,10-11,14,16H2,1-2H3. The van der Waals surface area contributed by atoms with E-state index in [-0.39, 0.29) is 5.78 Å². The van der Waals surface area contributed by atoms with Crippen LogP contribution in [0.25, 0.3) is 10.9 Å². The minimum absolute atomic E-state index is 0.261. The fourth-order valence-electron chi connectivity index (χ4n) is 3.06. The van der Waals surface area contributed by atoms with Gasteiger partial charge < -0.3 is 9.53 Å². The molecule has 0 fully saturated rings. The molecule has 0 bridgehead atoms. The van der Waals surface area contributed by atoms with Gasteiger partial charge in [-0.2, -0.15) is 0 Å². The molecule has 2 aromatic carbocycles. The highest BCUT2D eigenvalue weighted by Gasteiger charge is 2.07. The fraction of sp³-hybridized carbons (Fsp3) is 0.304. The molecule has 1 heterocycles. The van der Waals surface area contributed by atoms with Gasteiger partial charge in [-0.1, -0.05) is 43.3 Å². The second kappa shape index (κ2) is 8.61. The number of carbonyl (C=O) groups is 1. The number of benzene rings is 2. The van der Waals surface area contributed by atoms with Gasteiger partial charge in [-0.25, -0.2) is 4.98 Å². The summed E-state index contributed by atoms with van der Waals surface area (Å²) in [6.07, 6.45) is 2.55. The average Bonchev–Trinajstić information content (AvgIpc) is 2.65. The molecule has 3 heteroatoms. The zero-order chi connectivity index (χ0) is 18.4. The number of carbonyl (C=O) groups excluding carboxylic acids is 1. The van der Waals surface area contributed by atoms with Gasteiger partial charge in [0.2, 0.25) is 0 Å². The number of nitrogens with zero attached hydrogens (tertiary/aromatic N) is 1. The van der Waals surface area contributed by atoms with Gasteiger partial charge in [-0.15, -0.1) is 0 Å². The Morgan fingerprint density at radius 3 is 2.77 bits per heavy atom. The van der Waals surface area contributed by atoms with Crippen LogP contribution < -0.4 is 4.74 Å². The van der Waals surface area contributed by atoms with Crippen molar-refractivity contribution in [1.29, 1.82) is 0 Å². The summed E-state index contributed by atoms with van der Waals surface area (Å²) in [4.78, 5) is 15.8. The van der Waals surface area contributed by atoms with Gasteiger partial charge in [0.05, 0.1) is 11.2 Å². The van der Waals surface area contributed by atoms with Gasteiger partial charge in [0.25, 0.3) is 0 Å². The van der Waals surface area contributed by atoms with Gasteiger partial charge in [0.1, 0.15) is 18.1 Å². The van der Waals surface area contributed by atoms with E-state index in [9.17, 15) is 4.79 Å². The van der Waals surface area contributed by atoms with Crippen LogP contribution in [0.2, 0.25) is 0 Å². The SMILES string of the molecule is CC(=O)CCC(C)Cc1cccc(OCc2ccc3ccccc3n2)c1. The van der Waals surface area contributed by atoms with Gasteiger partial charge >= 0.3 is 0 Å². The molecule has 0 N–H and O–H groups in total. The Balaban J connectivity index is 1.60. The normalized spacial score (nSPS) is 12.1. The van der Waals surface area contributed by atoms with Crippen LogP contribution in [0.5, 0.6) is 5.75 Å². The summed E-state index contributed by atoms with van der Waals surface area (Å²) in [5, 5.41) is 1.14. The maximum absolute atomic E-state index is 11.1. The number of hydrogen-bond acceptors (Lipinski definition) is 3. The highest BCUT2D eigenvalue weighted by molar-refractivity contribution is 5.78. The van der Waals surface area contributed by atoms with Gasteiger partial charge in [0, 0.05) is 11.8 Å². The molecule has 3 aromatic rings. The molecule has 0 saturated heterocycles. The second-order valence-corrected chi connectivity index (χ2v) is 6.98. The lowest BCUT2D eigenvalue weighted by Gasteiger charge is -2.12. The van der Waals surface area contributed by atoms with E-state index in [2.05, 4.69) is 36.2 Å². The maximum atomic E-state index is 11.1. The summed E-state index contributed by atoms with van der Waals surface area (Å²) in [6.45, 7) is 4.30. The Bertz CT molecular complexity index is 888. The highest BCUT2D eigenvalue weighted by Crippen LogP contribution is 2.20. The van der Waals surface area contributed by atoms with Crippen LogP contribution in [0.15, 0.2) is 60.7 Å². The number of rotatable bonds is 8. The van der Waals surface area contributed by atoms with Crippen LogP contribution in [-0.2, 0) is 17.8 Å². The molecule has 0 saturated carbocycles. The van der Waals surface area contributed by atoms with Crippen molar-refractivity contribution in [3.63, 3.8) is 0 Å². The number of pyridine rings is 1. The van der Waals surface area contributed by atoms with E-state index >= 15 is 0 Å². The van der Waals surface area contributed by atoms with E-state index in [1.807, 2.05) is 36.4 Å². The predicted octanol–water partition coefficient (Wildman–Crippen LogP) is 5.36. The first-order chi connectivity index (χ1) is 12.6. The topological polar surface area (TPSA) is 39.2 Å². The third-order valence-corrected chi connectivity index (χ3v) is 4.51. The molecule has 3 rings (SSSR count). The van der Waals surface area contributed by atoms with Gasteiger partial charge in [-0.05, 0) is 55.5 Å². The predicted molar refractivity (Wildman–Crippen MR) is 105 cm³/mol. The zero-order valence-electron chi connectivity index (χ0n) is 15.4. The number of ether oxygens (including phenoxy) is 1. The van der Waals surface area contributed by atoms with Crippen LogP contribution in [0, 0.1) is 5.92 Å². The highest BCUT2D eigenvalue weighted by atomic mass is 16.5. The monoisotopic (exact) mass is 347 g/mol. The molecule has 1 aromatic heterocycles. The first kappa shape index (κ1) is 18.1. The minimum Gasteiger partial charge on any atom is -0.487 e. The van der Waals surface area contributed by atoms with Crippen LogP contribution >= 0.6 is 0 Å². The van der Waals surface area contributed by atoms with Crippen LogP contribution in [0.3, 0.4) is 0 Å². The summed E-state index contributed by atoms with van der Waals surface area (Å²) in [5.41, 5.74) is 3.15. The molecule has 0 aliphatic heterocycles. The van der Waals surface area contributed by atoms with Crippen molar-refractivity contribution in [2.45, 2.75) is 39.7 Å². The number of aromatic nitrogens is 1. The quantitative estimate of drug-likeness (QED) is 0.550. The smallest absolute Gasteiger partial charge is 0.130 e. The lowest BCUT2D eigenvalue weighted by atomic mass is 9.96. The Hall–Kier alpha value is -2.68. The summed E-state index contributed by atoms with van der Waals surface area (Å²) < 4.78 is 5.94. The molecule has 0 radical (unpaired) electrons. The molecular formula is C23H25NO2. The van der Waals surface area contributed by atoms with E-state index in [0.29, 0.717) is 18.9 Å². The summed E-state index contributed by atoms with van der Waals surface area (Å²) >= 11 is 0. The van der Waals surface area contributed by atoms with E-state index in [4.69, 9.17) is 4.74 Å². The third kappa shape index (κ3) is 5.16. The summed E-state index contributed by atoms with van der Waals surface area (Å²) in [5.74, 6) is 1.60. The van der Waals surface area contributed by atoms with Crippen LogP contribution in [0.4, 0.5) is 0 Å². The van der Waals surface area contributed by atoms with E-state index in [1.54, 1.807) is 6.92 Å². The van der Waals surface area contributed by atoms with Gasteiger partial charge in [0.15, 0.2) is 0 Å². The van der Waals surface area contributed by atoms with Crippen molar-refractivity contribution in [2.75, 3.05) is 0 Å². The van der Waals surface area contributed by atoms with Crippen molar-refractivity contribution in [3.05, 3.63) is 71.9 Å². The maximum Gasteiger partial charge on any atom is 0.130 e. The van der Waals surface area contributed by atoms with Crippen molar-refractivity contribution in [3.8, 4) is 5.75 Å². The first-order valence-electron chi connectivity index (χ1n) is 9.16. The van der Waals surface area contributed by atoms with Crippen molar-refractivity contribution in [2.24, 2.45) is 5.92 Å². The Kier molecular flexibility index (Phi) is 6.00. The van der Waals surface area contributed by atoms with E-state index < -0.39 is 0 Å². The number of ketones is 1. The molecule has 1 atom stereocenters. The molecule has 0 spiro atoms. The molecule has 134 valence electrons. The molecule has 3 nitrogen and oxygen atoms in total. The molecule has 0 aliphatic carbocycles. The Labute approximate surface area is 155 Å². The van der Waals surface area contributed by atoms with Crippen LogP contribution in [0.1, 0.15) is 37.9 Å². The van der Waals surface area contributed by atoms with Crippen LogP contribution in [-0.4, -0.2) is 10.8 Å². The summed E-state index contributed by atoms with van der Waals surface area (Å²) in [7, 11) is 0. The number of Topliss-reactive ketones (excluding diaryl/α,β-unsaturated/α-hetero) is 1. The van der Waals surface area contributed by atoms with E-state index in [1.165, 1.54) is 5.56 Å². The molecule has 0 aliphatic rings. The minimum atomic E-state index is 0.261. The first-order valence-corrected chi connectivity index (χ1v) is 9.16. The Morgan fingerprint density at radius 2 is 1.92 bits per heavy atom. The number of fused-ring (bicyclic) bond motifs is 1. The van der Waals surface area contributed by atoms with E-state index in [0.717, 1.165) is 35.2 Å². The number of para-hydroxylation sites is 1. The molecule has 1 unspecified atom stereocenters. The van der Waals surface area contributed by atoms with Gasteiger partial charge in [-0.3, -0.25) is 0 Å². The summed E-state index contributed by atoms with van der Waals surface area (Å²) in [6, 6.07) is 20.4. The third-order valence-electron chi connectivity index (χ3n) is 4.51. The lowest BCUT2D eigenvalue weighted by Crippen LogP contribution is -2.03. The Morgan fingerprint density at radius 1 is 1.08 bits per heavy atom. The molecule has 0 amide bonds.